The topological polar surface area (TPSA) is 48.4 Å². The van der Waals surface area contributed by atoms with Gasteiger partial charge in [-0.15, -0.1) is 0 Å². The van der Waals surface area contributed by atoms with Crippen molar-refractivity contribution in [3.8, 4) is 11.6 Å². The molecule has 0 bridgehead atoms. The maximum Gasteiger partial charge on any atom is 0.338 e. The number of carbonyl (C=O) groups is 1. The number of nitrogens with zero attached hydrogens (tertiary/aromatic N) is 1. The number of carbonyl (C=O) groups excluding carboxylic acids is 1. The molecular weight excluding hydrogens is 242 g/mol. The maximum absolute atomic E-state index is 11.4. The number of benzene rings is 1. The van der Waals surface area contributed by atoms with E-state index in [1.807, 2.05) is 32.0 Å². The Morgan fingerprint density at radius 3 is 2.74 bits per heavy atom. The third-order valence-corrected chi connectivity index (χ3v) is 2.93. The molecule has 0 unspecified atom stereocenters. The lowest BCUT2D eigenvalue weighted by molar-refractivity contribution is 0.0600. The van der Waals surface area contributed by atoms with Gasteiger partial charge in [0.15, 0.2) is 0 Å². The van der Waals surface area contributed by atoms with Gasteiger partial charge in [-0.25, -0.2) is 9.78 Å². The van der Waals surface area contributed by atoms with E-state index < -0.39 is 5.97 Å². The number of hydrogen-bond donors (Lipinski definition) is 0. The van der Waals surface area contributed by atoms with Crippen LogP contribution in [0, 0.1) is 13.8 Å². The highest BCUT2D eigenvalue weighted by molar-refractivity contribution is 5.89. The number of methoxy groups -OCH3 is 1. The van der Waals surface area contributed by atoms with E-state index >= 15 is 0 Å². The summed E-state index contributed by atoms with van der Waals surface area (Å²) >= 11 is 0. The minimum absolute atomic E-state index is 0.372. The predicted molar refractivity (Wildman–Crippen MR) is 71.6 cm³/mol. The molecule has 0 aliphatic rings. The Balaban J connectivity index is 2.28. The zero-order chi connectivity index (χ0) is 13.8. The molecule has 2 rings (SSSR count). The largest absolute Gasteiger partial charge is 0.465 e. The second kappa shape index (κ2) is 5.52. The Morgan fingerprint density at radius 2 is 2.00 bits per heavy atom. The number of rotatable bonds is 3. The summed E-state index contributed by atoms with van der Waals surface area (Å²) in [5.41, 5.74) is 2.60. The molecule has 0 aliphatic heterocycles. The molecule has 98 valence electrons. The van der Waals surface area contributed by atoms with Gasteiger partial charge in [0.1, 0.15) is 5.75 Å². The molecular formula is C15H15NO3. The molecule has 0 radical (unpaired) electrons. The zero-order valence-corrected chi connectivity index (χ0v) is 11.1. The average Bonchev–Trinajstić information content (AvgIpc) is 2.43. The fraction of sp³-hybridized carbons (Fsp3) is 0.200. The van der Waals surface area contributed by atoms with Gasteiger partial charge < -0.3 is 9.47 Å². The summed E-state index contributed by atoms with van der Waals surface area (Å²) in [6.07, 6.45) is 1.52. The summed E-state index contributed by atoms with van der Waals surface area (Å²) in [6.45, 7) is 4.00. The van der Waals surface area contributed by atoms with Gasteiger partial charge in [0, 0.05) is 12.3 Å². The molecule has 0 N–H and O–H groups in total. The van der Waals surface area contributed by atoms with Crippen LogP contribution in [-0.2, 0) is 4.74 Å². The van der Waals surface area contributed by atoms with Crippen molar-refractivity contribution in [2.45, 2.75) is 13.8 Å². The van der Waals surface area contributed by atoms with Gasteiger partial charge >= 0.3 is 5.97 Å². The third-order valence-electron chi connectivity index (χ3n) is 2.93. The summed E-state index contributed by atoms with van der Waals surface area (Å²) in [5, 5.41) is 0. The summed E-state index contributed by atoms with van der Waals surface area (Å²) in [7, 11) is 1.34. The fourth-order valence-corrected chi connectivity index (χ4v) is 1.66. The van der Waals surface area contributed by atoms with Gasteiger partial charge in [0.2, 0.25) is 5.88 Å². The number of aromatic nitrogens is 1. The molecule has 1 aromatic carbocycles. The molecule has 0 fully saturated rings. The molecule has 2 aromatic rings. The summed E-state index contributed by atoms with van der Waals surface area (Å²) in [5.74, 6) is 0.694. The highest BCUT2D eigenvalue weighted by Crippen LogP contribution is 2.25. The summed E-state index contributed by atoms with van der Waals surface area (Å²) < 4.78 is 10.4. The molecule has 0 atom stereocenters. The second-order valence-electron chi connectivity index (χ2n) is 4.17. The lowest BCUT2D eigenvalue weighted by atomic mass is 10.1. The Kier molecular flexibility index (Phi) is 3.80. The van der Waals surface area contributed by atoms with Crippen molar-refractivity contribution in [1.82, 2.24) is 4.98 Å². The highest BCUT2D eigenvalue weighted by atomic mass is 16.5. The van der Waals surface area contributed by atoms with E-state index in [0.29, 0.717) is 11.4 Å². The number of hydrogen-bond acceptors (Lipinski definition) is 4. The molecule has 4 heteroatoms. The van der Waals surface area contributed by atoms with Crippen molar-refractivity contribution in [2.24, 2.45) is 0 Å². The molecule has 0 saturated heterocycles. The second-order valence-corrected chi connectivity index (χ2v) is 4.17. The van der Waals surface area contributed by atoms with E-state index in [-0.39, 0.29) is 0 Å². The quantitative estimate of drug-likeness (QED) is 0.792. The molecule has 4 nitrogen and oxygen atoms in total. The molecule has 0 spiro atoms. The molecule has 1 aromatic heterocycles. The van der Waals surface area contributed by atoms with Gasteiger partial charge in [-0.3, -0.25) is 0 Å². The van der Waals surface area contributed by atoms with Crippen LogP contribution >= 0.6 is 0 Å². The van der Waals surface area contributed by atoms with Crippen molar-refractivity contribution in [1.29, 1.82) is 0 Å². The van der Waals surface area contributed by atoms with Crippen molar-refractivity contribution in [3.05, 3.63) is 53.2 Å². The Labute approximate surface area is 112 Å². The van der Waals surface area contributed by atoms with Gasteiger partial charge in [-0.1, -0.05) is 12.1 Å². The highest BCUT2D eigenvalue weighted by Gasteiger charge is 2.09. The van der Waals surface area contributed by atoms with E-state index in [1.54, 1.807) is 12.1 Å². The van der Waals surface area contributed by atoms with Crippen LogP contribution in [0.2, 0.25) is 0 Å². The molecule has 0 aliphatic carbocycles. The van der Waals surface area contributed by atoms with E-state index in [0.717, 1.165) is 16.9 Å². The smallest absolute Gasteiger partial charge is 0.338 e. The lowest BCUT2D eigenvalue weighted by Gasteiger charge is -2.10. The first-order valence-electron chi connectivity index (χ1n) is 5.90. The molecule has 0 saturated carbocycles. The maximum atomic E-state index is 11.4. The van der Waals surface area contributed by atoms with Gasteiger partial charge in [-0.05, 0) is 37.1 Å². The van der Waals surface area contributed by atoms with Crippen molar-refractivity contribution >= 4 is 5.97 Å². The molecule has 0 amide bonds. The van der Waals surface area contributed by atoms with Crippen LogP contribution in [0.1, 0.15) is 21.5 Å². The number of aryl methyl sites for hydroxylation is 1. The van der Waals surface area contributed by atoms with Crippen LogP contribution in [0.15, 0.2) is 36.5 Å². The van der Waals surface area contributed by atoms with Crippen LogP contribution in [0.25, 0.3) is 0 Å². The first-order valence-corrected chi connectivity index (χ1v) is 5.90. The first-order chi connectivity index (χ1) is 9.11. The van der Waals surface area contributed by atoms with Gasteiger partial charge in [0.25, 0.3) is 0 Å². The van der Waals surface area contributed by atoms with Crippen LogP contribution in [0.5, 0.6) is 11.6 Å². The third kappa shape index (κ3) is 2.91. The standard InChI is InChI=1S/C15H15NO3/c1-10-5-4-6-13(11(10)2)19-14-9-12(7-8-16-14)15(17)18-3/h4-9H,1-3H3. The van der Waals surface area contributed by atoms with Crippen LogP contribution in [0.3, 0.4) is 0 Å². The number of pyridine rings is 1. The summed E-state index contributed by atoms with van der Waals surface area (Å²) in [6, 6.07) is 8.95. The Hall–Kier alpha value is -2.36. The first kappa shape index (κ1) is 13.1. The van der Waals surface area contributed by atoms with Gasteiger partial charge in [0.05, 0.1) is 12.7 Å². The Morgan fingerprint density at radius 1 is 1.21 bits per heavy atom. The SMILES string of the molecule is COC(=O)c1ccnc(Oc2cccc(C)c2C)c1. The fourth-order valence-electron chi connectivity index (χ4n) is 1.66. The Bertz CT molecular complexity index is 608. The van der Waals surface area contributed by atoms with E-state index in [4.69, 9.17) is 4.74 Å². The van der Waals surface area contributed by atoms with E-state index in [1.165, 1.54) is 13.3 Å². The van der Waals surface area contributed by atoms with E-state index in [2.05, 4.69) is 9.72 Å². The zero-order valence-electron chi connectivity index (χ0n) is 11.1. The monoisotopic (exact) mass is 257 g/mol. The molecule has 1 heterocycles. The van der Waals surface area contributed by atoms with Crippen molar-refractivity contribution in [2.75, 3.05) is 7.11 Å². The van der Waals surface area contributed by atoms with E-state index in [9.17, 15) is 4.79 Å². The van der Waals surface area contributed by atoms with Crippen LogP contribution in [0.4, 0.5) is 0 Å². The molecule has 19 heavy (non-hydrogen) atoms. The summed E-state index contributed by atoms with van der Waals surface area (Å²) in [4.78, 5) is 15.5. The van der Waals surface area contributed by atoms with Crippen molar-refractivity contribution in [3.63, 3.8) is 0 Å². The van der Waals surface area contributed by atoms with Crippen molar-refractivity contribution < 1.29 is 14.3 Å². The van der Waals surface area contributed by atoms with Crippen LogP contribution in [-0.4, -0.2) is 18.1 Å². The number of ether oxygens (including phenoxy) is 2. The minimum Gasteiger partial charge on any atom is -0.465 e. The minimum atomic E-state index is -0.409. The predicted octanol–water partition coefficient (Wildman–Crippen LogP) is 3.28. The average molecular weight is 257 g/mol. The number of esters is 1. The normalized spacial score (nSPS) is 10.1. The van der Waals surface area contributed by atoms with Crippen LogP contribution < -0.4 is 4.74 Å². The lowest BCUT2D eigenvalue weighted by Crippen LogP contribution is -2.02. The van der Waals surface area contributed by atoms with Gasteiger partial charge in [-0.2, -0.15) is 0 Å².